The molecule has 0 aromatic heterocycles. The fourth-order valence-corrected chi connectivity index (χ4v) is 1.44. The van der Waals surface area contributed by atoms with Gasteiger partial charge in [0.1, 0.15) is 12.4 Å². The van der Waals surface area contributed by atoms with Crippen LogP contribution >= 0.6 is 0 Å². The predicted octanol–water partition coefficient (Wildman–Crippen LogP) is -0.215. The standard InChI is InChI=1S/C9H9FN2O3S/c10-9-4-3-8(12-16(11,14)15)6-7(9)2-1-5-13/h3-4,6,12-13H,5H2,(H2,11,14,15). The van der Waals surface area contributed by atoms with Crippen molar-refractivity contribution < 1.29 is 17.9 Å². The van der Waals surface area contributed by atoms with Gasteiger partial charge in [-0.1, -0.05) is 11.8 Å². The number of hydrogen-bond donors (Lipinski definition) is 3. The van der Waals surface area contributed by atoms with Crippen molar-refractivity contribution >= 4 is 15.9 Å². The van der Waals surface area contributed by atoms with Crippen LogP contribution in [0.25, 0.3) is 0 Å². The molecule has 16 heavy (non-hydrogen) atoms. The summed E-state index contributed by atoms with van der Waals surface area (Å²) in [6.07, 6.45) is 0. The van der Waals surface area contributed by atoms with Gasteiger partial charge in [-0.3, -0.25) is 4.72 Å². The van der Waals surface area contributed by atoms with Crippen LogP contribution in [0.1, 0.15) is 5.56 Å². The van der Waals surface area contributed by atoms with Crippen LogP contribution in [-0.2, 0) is 10.2 Å². The van der Waals surface area contributed by atoms with E-state index in [2.05, 4.69) is 11.8 Å². The molecule has 1 aromatic rings. The summed E-state index contributed by atoms with van der Waals surface area (Å²) in [5.41, 5.74) is 0.0776. The Kier molecular flexibility index (Phi) is 3.84. The number of benzene rings is 1. The minimum atomic E-state index is -3.90. The van der Waals surface area contributed by atoms with Gasteiger partial charge in [-0.15, -0.1) is 0 Å². The molecule has 0 aliphatic rings. The normalized spacial score (nSPS) is 10.4. The summed E-state index contributed by atoms with van der Waals surface area (Å²) in [4.78, 5) is 0. The summed E-state index contributed by atoms with van der Waals surface area (Å²) >= 11 is 0. The molecule has 1 aromatic carbocycles. The van der Waals surface area contributed by atoms with Gasteiger partial charge >= 0.3 is 0 Å². The zero-order valence-corrected chi connectivity index (χ0v) is 8.88. The molecule has 0 bridgehead atoms. The molecule has 0 heterocycles. The van der Waals surface area contributed by atoms with Crippen molar-refractivity contribution in [1.82, 2.24) is 0 Å². The number of nitrogens with one attached hydrogen (secondary N) is 1. The molecule has 0 aliphatic heterocycles. The Hall–Kier alpha value is -1.62. The molecule has 0 saturated carbocycles. The van der Waals surface area contributed by atoms with Gasteiger partial charge in [0, 0.05) is 0 Å². The molecule has 86 valence electrons. The summed E-state index contributed by atoms with van der Waals surface area (Å²) in [7, 11) is -3.90. The minimum absolute atomic E-state index is 0.0253. The predicted molar refractivity (Wildman–Crippen MR) is 57.1 cm³/mol. The monoisotopic (exact) mass is 244 g/mol. The zero-order valence-electron chi connectivity index (χ0n) is 8.07. The van der Waals surface area contributed by atoms with Crippen molar-refractivity contribution in [2.45, 2.75) is 0 Å². The molecule has 0 spiro atoms. The highest BCUT2D eigenvalue weighted by atomic mass is 32.2. The first-order valence-corrected chi connectivity index (χ1v) is 5.67. The van der Waals surface area contributed by atoms with Gasteiger partial charge in [0.15, 0.2) is 0 Å². The van der Waals surface area contributed by atoms with Crippen LogP contribution in [-0.4, -0.2) is 20.1 Å². The maximum atomic E-state index is 13.1. The molecule has 0 unspecified atom stereocenters. The van der Waals surface area contributed by atoms with Crippen molar-refractivity contribution in [2.24, 2.45) is 5.14 Å². The molecule has 4 N–H and O–H groups in total. The Bertz CT molecular complexity index is 546. The Balaban J connectivity index is 3.07. The van der Waals surface area contributed by atoms with E-state index in [1.807, 2.05) is 4.72 Å². The first-order valence-electron chi connectivity index (χ1n) is 4.12. The van der Waals surface area contributed by atoms with Crippen LogP contribution in [0.3, 0.4) is 0 Å². The summed E-state index contributed by atoms with van der Waals surface area (Å²) in [5, 5.41) is 13.2. The second-order valence-electron chi connectivity index (χ2n) is 2.80. The van der Waals surface area contributed by atoms with Crippen LogP contribution in [0.2, 0.25) is 0 Å². The highest BCUT2D eigenvalue weighted by Gasteiger charge is 2.05. The van der Waals surface area contributed by atoms with Gasteiger partial charge in [0.25, 0.3) is 10.2 Å². The fraction of sp³-hybridized carbons (Fsp3) is 0.111. The van der Waals surface area contributed by atoms with E-state index in [9.17, 15) is 12.8 Å². The summed E-state index contributed by atoms with van der Waals surface area (Å²) < 4.78 is 36.5. The molecule has 5 nitrogen and oxygen atoms in total. The number of aliphatic hydroxyl groups excluding tert-OH is 1. The number of nitrogens with two attached hydrogens (primary N) is 1. The zero-order chi connectivity index (χ0) is 12.2. The van der Waals surface area contributed by atoms with Gasteiger partial charge in [0.05, 0.1) is 11.3 Å². The third-order valence-electron chi connectivity index (χ3n) is 1.53. The lowest BCUT2D eigenvalue weighted by atomic mass is 10.2. The number of hydrogen-bond acceptors (Lipinski definition) is 3. The van der Waals surface area contributed by atoms with E-state index in [0.717, 1.165) is 6.07 Å². The molecule has 0 aliphatic carbocycles. The fourth-order valence-electron chi connectivity index (χ4n) is 0.984. The van der Waals surface area contributed by atoms with Crippen LogP contribution in [0.5, 0.6) is 0 Å². The number of rotatable bonds is 2. The van der Waals surface area contributed by atoms with E-state index in [1.54, 1.807) is 0 Å². The molecule has 0 saturated heterocycles. The van der Waals surface area contributed by atoms with E-state index < -0.39 is 22.6 Å². The Labute approximate surface area is 92.3 Å². The van der Waals surface area contributed by atoms with E-state index in [1.165, 1.54) is 12.1 Å². The van der Waals surface area contributed by atoms with Crippen LogP contribution < -0.4 is 9.86 Å². The second kappa shape index (κ2) is 4.94. The van der Waals surface area contributed by atoms with Crippen LogP contribution in [0, 0.1) is 17.7 Å². The van der Waals surface area contributed by atoms with Crippen LogP contribution in [0.4, 0.5) is 10.1 Å². The molecule has 0 radical (unpaired) electrons. The van der Waals surface area contributed by atoms with Crippen molar-refractivity contribution in [2.75, 3.05) is 11.3 Å². The van der Waals surface area contributed by atoms with Crippen molar-refractivity contribution in [3.05, 3.63) is 29.6 Å². The lowest BCUT2D eigenvalue weighted by Gasteiger charge is -2.04. The Morgan fingerprint density at radius 2 is 2.19 bits per heavy atom. The van der Waals surface area contributed by atoms with E-state index in [-0.39, 0.29) is 11.3 Å². The quantitative estimate of drug-likeness (QED) is 0.628. The van der Waals surface area contributed by atoms with E-state index >= 15 is 0 Å². The average molecular weight is 244 g/mol. The molecule has 7 heteroatoms. The van der Waals surface area contributed by atoms with Gasteiger partial charge < -0.3 is 5.11 Å². The SMILES string of the molecule is NS(=O)(=O)Nc1ccc(F)c(C#CCO)c1. The number of halogens is 1. The lowest BCUT2D eigenvalue weighted by molar-refractivity contribution is 0.350. The van der Waals surface area contributed by atoms with Gasteiger partial charge in [-0.2, -0.15) is 8.42 Å². The van der Waals surface area contributed by atoms with Crippen molar-refractivity contribution in [3.8, 4) is 11.8 Å². The largest absolute Gasteiger partial charge is 0.384 e. The first kappa shape index (κ1) is 12.4. The summed E-state index contributed by atoms with van der Waals surface area (Å²) in [6, 6.07) is 3.45. The van der Waals surface area contributed by atoms with Crippen LogP contribution in [0.15, 0.2) is 18.2 Å². The van der Waals surface area contributed by atoms with Gasteiger partial charge in [-0.05, 0) is 18.2 Å². The first-order chi connectivity index (χ1) is 7.42. The highest BCUT2D eigenvalue weighted by Crippen LogP contribution is 2.14. The second-order valence-corrected chi connectivity index (χ2v) is 4.10. The van der Waals surface area contributed by atoms with E-state index in [4.69, 9.17) is 10.2 Å². The van der Waals surface area contributed by atoms with Crippen molar-refractivity contribution in [1.29, 1.82) is 0 Å². The maximum Gasteiger partial charge on any atom is 0.296 e. The molecular formula is C9H9FN2O3S. The summed E-state index contributed by atoms with van der Waals surface area (Å²) in [5.74, 6) is 3.98. The third kappa shape index (κ3) is 3.86. The maximum absolute atomic E-state index is 13.1. The van der Waals surface area contributed by atoms with Gasteiger partial charge in [0.2, 0.25) is 0 Å². The lowest BCUT2D eigenvalue weighted by Crippen LogP contribution is -2.21. The number of anilines is 1. The van der Waals surface area contributed by atoms with Gasteiger partial charge in [-0.25, -0.2) is 9.53 Å². The molecule has 0 atom stereocenters. The molecule has 0 fully saturated rings. The highest BCUT2D eigenvalue weighted by molar-refractivity contribution is 7.90. The smallest absolute Gasteiger partial charge is 0.296 e. The number of aliphatic hydroxyl groups is 1. The van der Waals surface area contributed by atoms with E-state index in [0.29, 0.717) is 0 Å². The molecule has 0 amide bonds. The average Bonchev–Trinajstić information content (AvgIpc) is 2.17. The topological polar surface area (TPSA) is 92.4 Å². The molecule has 1 rings (SSSR count). The third-order valence-corrected chi connectivity index (χ3v) is 2.05. The summed E-state index contributed by atoms with van der Waals surface area (Å²) in [6.45, 7) is -0.410. The molecular weight excluding hydrogens is 235 g/mol. The minimum Gasteiger partial charge on any atom is -0.384 e. The Morgan fingerprint density at radius 1 is 1.50 bits per heavy atom. The Morgan fingerprint density at radius 3 is 2.75 bits per heavy atom. The van der Waals surface area contributed by atoms with Crippen molar-refractivity contribution in [3.63, 3.8) is 0 Å².